The minimum absolute atomic E-state index is 0.0340. The number of benzene rings is 1. The monoisotopic (exact) mass is 360 g/mol. The molecule has 0 spiro atoms. The maximum absolute atomic E-state index is 13.6. The Balaban J connectivity index is 1.91. The van der Waals surface area contributed by atoms with Crippen LogP contribution in [0.4, 0.5) is 4.39 Å². The van der Waals surface area contributed by atoms with E-state index in [4.69, 9.17) is 4.74 Å². The van der Waals surface area contributed by atoms with Gasteiger partial charge in [-0.1, -0.05) is 33.3 Å². The van der Waals surface area contributed by atoms with Crippen LogP contribution in [0, 0.1) is 5.82 Å². The van der Waals surface area contributed by atoms with E-state index in [1.54, 1.807) is 16.8 Å². The number of halogens is 1. The first-order valence-electron chi connectivity index (χ1n) is 9.07. The Morgan fingerprint density at radius 1 is 1.46 bits per heavy atom. The van der Waals surface area contributed by atoms with Gasteiger partial charge in [-0.05, 0) is 31.0 Å². The summed E-state index contributed by atoms with van der Waals surface area (Å²) in [6, 6.07) is 6.11. The van der Waals surface area contributed by atoms with E-state index in [1.807, 2.05) is 13.8 Å². The van der Waals surface area contributed by atoms with Crippen molar-refractivity contribution in [1.29, 1.82) is 0 Å². The van der Waals surface area contributed by atoms with Gasteiger partial charge in [-0.25, -0.2) is 14.1 Å². The molecule has 6 nitrogen and oxygen atoms in total. The Bertz CT molecular complexity index is 782. The van der Waals surface area contributed by atoms with Crippen molar-refractivity contribution in [2.24, 2.45) is 0 Å². The Hall–Kier alpha value is -2.28. The molecular formula is C19H25FN4O2. The molecule has 0 radical (unpaired) electrons. The zero-order chi connectivity index (χ0) is 18.7. The van der Waals surface area contributed by atoms with Gasteiger partial charge in [-0.2, -0.15) is 0 Å². The number of nitrogens with one attached hydrogen (secondary N) is 1. The van der Waals surface area contributed by atoms with E-state index < -0.39 is 0 Å². The summed E-state index contributed by atoms with van der Waals surface area (Å²) in [7, 11) is 0. The topological polar surface area (TPSA) is 69.0 Å². The van der Waals surface area contributed by atoms with Crippen molar-refractivity contribution in [3.05, 3.63) is 41.7 Å². The smallest absolute Gasteiger partial charge is 0.291 e. The maximum atomic E-state index is 13.6. The van der Waals surface area contributed by atoms with E-state index in [0.29, 0.717) is 24.7 Å². The summed E-state index contributed by atoms with van der Waals surface area (Å²) in [6.07, 6.45) is 2.58. The number of carbonyl (C=O) groups excluding carboxylic acids is 1. The molecule has 3 rings (SSSR count). The van der Waals surface area contributed by atoms with E-state index in [0.717, 1.165) is 19.3 Å². The third-order valence-corrected chi connectivity index (χ3v) is 4.61. The van der Waals surface area contributed by atoms with Gasteiger partial charge in [0.15, 0.2) is 0 Å². The number of aromatic nitrogens is 3. The highest BCUT2D eigenvalue weighted by Gasteiger charge is 2.36. The summed E-state index contributed by atoms with van der Waals surface area (Å²) in [6.45, 7) is 7.16. The van der Waals surface area contributed by atoms with Crippen molar-refractivity contribution in [1.82, 2.24) is 20.1 Å². The molecule has 1 N–H and O–H groups in total. The zero-order valence-corrected chi connectivity index (χ0v) is 15.5. The lowest BCUT2D eigenvalue weighted by Crippen LogP contribution is -2.49. The lowest BCUT2D eigenvalue weighted by atomic mass is 9.93. The number of amides is 1. The Kier molecular flexibility index (Phi) is 5.36. The normalized spacial score (nSPS) is 19.9. The van der Waals surface area contributed by atoms with Crippen molar-refractivity contribution in [3.63, 3.8) is 0 Å². The van der Waals surface area contributed by atoms with Gasteiger partial charge in [0.1, 0.15) is 11.6 Å². The molecule has 1 aromatic heterocycles. The maximum Gasteiger partial charge on any atom is 0.291 e. The zero-order valence-electron chi connectivity index (χ0n) is 15.5. The first kappa shape index (κ1) is 18.5. The highest BCUT2D eigenvalue weighted by molar-refractivity contribution is 5.91. The Labute approximate surface area is 152 Å². The SMILES string of the molecule is CCCC1(NC(=O)c2nc(C(C)C)n(-c3cccc(F)c3)n2)CCOC1. The molecule has 1 fully saturated rings. The number of ether oxygens (including phenoxy) is 1. The average molecular weight is 360 g/mol. The molecular weight excluding hydrogens is 335 g/mol. The second-order valence-electron chi connectivity index (χ2n) is 7.13. The Morgan fingerprint density at radius 3 is 2.88 bits per heavy atom. The van der Waals surface area contributed by atoms with Crippen molar-refractivity contribution in [2.45, 2.75) is 51.5 Å². The molecule has 2 aromatic rings. The van der Waals surface area contributed by atoms with Gasteiger partial charge in [-0.3, -0.25) is 4.79 Å². The molecule has 7 heteroatoms. The minimum Gasteiger partial charge on any atom is -0.379 e. The molecule has 1 amide bonds. The van der Waals surface area contributed by atoms with Gasteiger partial charge in [0.05, 0.1) is 17.8 Å². The van der Waals surface area contributed by atoms with Crippen LogP contribution in [0.5, 0.6) is 0 Å². The molecule has 1 saturated heterocycles. The summed E-state index contributed by atoms with van der Waals surface area (Å²) in [5.41, 5.74) is 0.196. The van der Waals surface area contributed by atoms with Gasteiger partial charge >= 0.3 is 0 Å². The van der Waals surface area contributed by atoms with Crippen LogP contribution < -0.4 is 5.32 Å². The van der Waals surface area contributed by atoms with Gasteiger partial charge < -0.3 is 10.1 Å². The van der Waals surface area contributed by atoms with E-state index in [-0.39, 0.29) is 29.0 Å². The molecule has 26 heavy (non-hydrogen) atoms. The Morgan fingerprint density at radius 2 is 2.27 bits per heavy atom. The first-order valence-corrected chi connectivity index (χ1v) is 9.07. The van der Waals surface area contributed by atoms with Crippen molar-refractivity contribution >= 4 is 5.91 Å². The number of hydrogen-bond acceptors (Lipinski definition) is 4. The second-order valence-corrected chi connectivity index (χ2v) is 7.13. The fourth-order valence-corrected chi connectivity index (χ4v) is 3.33. The summed E-state index contributed by atoms with van der Waals surface area (Å²) in [4.78, 5) is 17.2. The molecule has 1 unspecified atom stereocenters. The van der Waals surface area contributed by atoms with E-state index >= 15 is 0 Å². The van der Waals surface area contributed by atoms with Gasteiger partial charge in [0, 0.05) is 12.5 Å². The molecule has 0 bridgehead atoms. The largest absolute Gasteiger partial charge is 0.379 e. The summed E-state index contributed by atoms with van der Waals surface area (Å²) in [5, 5.41) is 7.44. The first-order chi connectivity index (χ1) is 12.4. The molecule has 1 aliphatic rings. The van der Waals surface area contributed by atoms with Crippen molar-refractivity contribution in [2.75, 3.05) is 13.2 Å². The van der Waals surface area contributed by atoms with Crippen LogP contribution in [0.15, 0.2) is 24.3 Å². The van der Waals surface area contributed by atoms with Crippen molar-refractivity contribution < 1.29 is 13.9 Å². The van der Waals surface area contributed by atoms with Crippen LogP contribution in [0.1, 0.15) is 62.4 Å². The quantitative estimate of drug-likeness (QED) is 0.859. The van der Waals surface area contributed by atoms with Crippen LogP contribution in [0.3, 0.4) is 0 Å². The predicted molar refractivity (Wildman–Crippen MR) is 95.9 cm³/mol. The molecule has 1 aliphatic heterocycles. The average Bonchev–Trinajstić information content (AvgIpc) is 3.22. The summed E-state index contributed by atoms with van der Waals surface area (Å²) >= 11 is 0. The second kappa shape index (κ2) is 7.53. The fourth-order valence-electron chi connectivity index (χ4n) is 3.33. The number of carbonyl (C=O) groups is 1. The molecule has 1 atom stereocenters. The van der Waals surface area contributed by atoms with Crippen LogP contribution in [-0.4, -0.2) is 39.4 Å². The van der Waals surface area contributed by atoms with Crippen LogP contribution in [-0.2, 0) is 4.74 Å². The van der Waals surface area contributed by atoms with Crippen LogP contribution in [0.2, 0.25) is 0 Å². The number of rotatable bonds is 6. The summed E-state index contributed by atoms with van der Waals surface area (Å²) in [5.74, 6) is 0.0738. The van der Waals surface area contributed by atoms with E-state index in [2.05, 4.69) is 22.3 Å². The third kappa shape index (κ3) is 3.77. The minimum atomic E-state index is -0.358. The lowest BCUT2D eigenvalue weighted by molar-refractivity contribution is 0.0859. The molecule has 0 saturated carbocycles. The standard InChI is InChI=1S/C19H25FN4O2/c1-4-8-19(9-10-26-12-19)22-18(25)16-21-17(13(2)3)24(23-16)15-7-5-6-14(20)11-15/h5-7,11,13H,4,8-10,12H2,1-3H3,(H,22,25). The fraction of sp³-hybridized carbons (Fsp3) is 0.526. The predicted octanol–water partition coefficient (Wildman–Crippen LogP) is 3.22. The molecule has 2 heterocycles. The third-order valence-electron chi connectivity index (χ3n) is 4.61. The van der Waals surface area contributed by atoms with Gasteiger partial charge in [0.2, 0.25) is 5.82 Å². The van der Waals surface area contributed by atoms with E-state index in [1.165, 1.54) is 12.1 Å². The number of nitrogens with zero attached hydrogens (tertiary/aromatic N) is 3. The van der Waals surface area contributed by atoms with E-state index in [9.17, 15) is 9.18 Å². The highest BCUT2D eigenvalue weighted by Crippen LogP contribution is 2.25. The molecule has 140 valence electrons. The summed E-state index contributed by atoms with van der Waals surface area (Å²) < 4.78 is 20.6. The van der Waals surface area contributed by atoms with Crippen molar-refractivity contribution in [3.8, 4) is 5.69 Å². The molecule has 0 aliphatic carbocycles. The molecule has 1 aromatic carbocycles. The van der Waals surface area contributed by atoms with Gasteiger partial charge in [-0.15, -0.1) is 5.10 Å². The number of hydrogen-bond donors (Lipinski definition) is 1. The highest BCUT2D eigenvalue weighted by atomic mass is 19.1. The van der Waals surface area contributed by atoms with Crippen LogP contribution >= 0.6 is 0 Å². The van der Waals surface area contributed by atoms with Crippen LogP contribution in [0.25, 0.3) is 5.69 Å². The van der Waals surface area contributed by atoms with Gasteiger partial charge in [0.25, 0.3) is 5.91 Å². The lowest BCUT2D eigenvalue weighted by Gasteiger charge is -2.27.